The molecule has 0 saturated heterocycles. The van der Waals surface area contributed by atoms with Crippen LogP contribution in [0, 0.1) is 0 Å². The highest BCUT2D eigenvalue weighted by Gasteiger charge is 2.05. The predicted molar refractivity (Wildman–Crippen MR) is 98.8 cm³/mol. The molecule has 0 fully saturated rings. The molecule has 2 aromatic carbocycles. The standard InChI is InChI=1S/C19H15N3OS/c23-19(16-10-5-2-6-11-16)22-21-18(15-8-3-1-4-9-15)20-14-17-12-7-13-24-17/h1-14H,(H,22,23)/b20-14?,21-18-. The molecule has 3 aromatic rings. The summed E-state index contributed by atoms with van der Waals surface area (Å²) < 4.78 is 0. The number of hydrogen-bond acceptors (Lipinski definition) is 3. The lowest BCUT2D eigenvalue weighted by atomic mass is 10.2. The Hall–Kier alpha value is -3.05. The summed E-state index contributed by atoms with van der Waals surface area (Å²) in [6.07, 6.45) is 1.74. The minimum Gasteiger partial charge on any atom is -0.267 e. The molecule has 0 aliphatic heterocycles. The second kappa shape index (κ2) is 7.99. The summed E-state index contributed by atoms with van der Waals surface area (Å²) in [5.74, 6) is 0.184. The zero-order valence-electron chi connectivity index (χ0n) is 12.8. The molecule has 1 heterocycles. The average Bonchev–Trinajstić information content (AvgIpc) is 3.16. The van der Waals surface area contributed by atoms with E-state index in [2.05, 4.69) is 15.5 Å². The van der Waals surface area contributed by atoms with E-state index in [0.717, 1.165) is 10.4 Å². The zero-order valence-corrected chi connectivity index (χ0v) is 13.6. The summed E-state index contributed by atoms with van der Waals surface area (Å²) >= 11 is 1.59. The van der Waals surface area contributed by atoms with Crippen molar-refractivity contribution in [2.45, 2.75) is 0 Å². The number of carbonyl (C=O) groups excluding carboxylic acids is 1. The normalized spacial score (nSPS) is 11.6. The fourth-order valence-electron chi connectivity index (χ4n) is 2.00. The average molecular weight is 333 g/mol. The number of amides is 1. The van der Waals surface area contributed by atoms with Crippen LogP contribution in [-0.4, -0.2) is 18.0 Å². The first kappa shape index (κ1) is 15.8. The van der Waals surface area contributed by atoms with Gasteiger partial charge in [0.1, 0.15) is 0 Å². The van der Waals surface area contributed by atoms with E-state index in [0.29, 0.717) is 11.4 Å². The Morgan fingerprint density at radius 2 is 1.54 bits per heavy atom. The van der Waals surface area contributed by atoms with Crippen molar-refractivity contribution < 1.29 is 4.79 Å². The Bertz CT molecular complexity index is 841. The van der Waals surface area contributed by atoms with Crippen LogP contribution in [0.1, 0.15) is 20.8 Å². The molecule has 0 aliphatic carbocycles. The van der Waals surface area contributed by atoms with Gasteiger partial charge >= 0.3 is 0 Å². The molecule has 1 aromatic heterocycles. The van der Waals surface area contributed by atoms with Gasteiger partial charge in [0.15, 0.2) is 5.84 Å². The molecule has 24 heavy (non-hydrogen) atoms. The molecule has 0 saturated carbocycles. The van der Waals surface area contributed by atoms with E-state index >= 15 is 0 Å². The van der Waals surface area contributed by atoms with Crippen LogP contribution in [-0.2, 0) is 0 Å². The molecule has 1 amide bonds. The molecule has 0 aliphatic rings. The Balaban J connectivity index is 1.83. The molecule has 4 nitrogen and oxygen atoms in total. The predicted octanol–water partition coefficient (Wildman–Crippen LogP) is 3.96. The van der Waals surface area contributed by atoms with Gasteiger partial charge in [0.05, 0.1) is 0 Å². The summed E-state index contributed by atoms with van der Waals surface area (Å²) in [4.78, 5) is 17.6. The maximum Gasteiger partial charge on any atom is 0.271 e. The smallest absolute Gasteiger partial charge is 0.267 e. The second-order valence-electron chi connectivity index (χ2n) is 4.88. The lowest BCUT2D eigenvalue weighted by Crippen LogP contribution is -2.19. The molecule has 5 heteroatoms. The molecular weight excluding hydrogens is 318 g/mol. The van der Waals surface area contributed by atoms with E-state index in [1.165, 1.54) is 0 Å². The Kier molecular flexibility index (Phi) is 5.27. The maximum atomic E-state index is 12.1. The van der Waals surface area contributed by atoms with Crippen molar-refractivity contribution in [2.24, 2.45) is 10.1 Å². The van der Waals surface area contributed by atoms with Crippen LogP contribution >= 0.6 is 11.3 Å². The SMILES string of the molecule is O=C(N/N=C(\N=Cc1cccs1)c1ccccc1)c1ccccc1. The van der Waals surface area contributed by atoms with Crippen molar-refractivity contribution >= 4 is 29.3 Å². The molecule has 0 radical (unpaired) electrons. The Labute approximate surface area is 144 Å². The number of rotatable bonds is 4. The van der Waals surface area contributed by atoms with Gasteiger partial charge in [-0.05, 0) is 23.6 Å². The Morgan fingerprint density at radius 3 is 2.17 bits per heavy atom. The summed E-state index contributed by atoms with van der Waals surface area (Å²) in [7, 11) is 0. The van der Waals surface area contributed by atoms with Crippen LogP contribution in [0.2, 0.25) is 0 Å². The highest BCUT2D eigenvalue weighted by Crippen LogP contribution is 2.07. The summed E-state index contributed by atoms with van der Waals surface area (Å²) in [5, 5.41) is 6.18. The van der Waals surface area contributed by atoms with Gasteiger partial charge in [0, 0.05) is 22.2 Å². The van der Waals surface area contributed by atoms with Gasteiger partial charge in [-0.25, -0.2) is 10.4 Å². The third-order valence-corrected chi connectivity index (χ3v) is 4.00. The number of nitrogens with zero attached hydrogens (tertiary/aromatic N) is 2. The van der Waals surface area contributed by atoms with Gasteiger partial charge in [0.25, 0.3) is 5.91 Å². The van der Waals surface area contributed by atoms with Crippen molar-refractivity contribution in [1.29, 1.82) is 0 Å². The molecular formula is C19H15N3OS. The first-order chi connectivity index (χ1) is 11.8. The monoisotopic (exact) mass is 333 g/mol. The minimum atomic E-state index is -0.268. The van der Waals surface area contributed by atoms with Gasteiger partial charge in [-0.15, -0.1) is 11.3 Å². The molecule has 0 bridgehead atoms. The molecule has 3 rings (SSSR count). The number of thiophene rings is 1. The molecule has 118 valence electrons. The van der Waals surface area contributed by atoms with Crippen LogP contribution in [0.4, 0.5) is 0 Å². The summed E-state index contributed by atoms with van der Waals surface area (Å²) in [6, 6.07) is 22.4. The molecule has 0 atom stereocenters. The van der Waals surface area contributed by atoms with Crippen molar-refractivity contribution in [3.05, 3.63) is 94.2 Å². The van der Waals surface area contributed by atoms with Crippen molar-refractivity contribution in [2.75, 3.05) is 0 Å². The Morgan fingerprint density at radius 1 is 0.875 bits per heavy atom. The van der Waals surface area contributed by atoms with E-state index in [-0.39, 0.29) is 5.91 Å². The van der Waals surface area contributed by atoms with Gasteiger partial charge in [-0.1, -0.05) is 54.6 Å². The van der Waals surface area contributed by atoms with Gasteiger partial charge in [-0.3, -0.25) is 4.79 Å². The number of aliphatic imine (C=N–C) groups is 1. The third kappa shape index (κ3) is 4.24. The molecule has 1 N–H and O–H groups in total. The summed E-state index contributed by atoms with van der Waals surface area (Å²) in [6.45, 7) is 0. The number of carbonyl (C=O) groups is 1. The van der Waals surface area contributed by atoms with Crippen LogP contribution in [0.3, 0.4) is 0 Å². The highest BCUT2D eigenvalue weighted by atomic mass is 32.1. The van der Waals surface area contributed by atoms with Crippen LogP contribution in [0.5, 0.6) is 0 Å². The van der Waals surface area contributed by atoms with E-state index < -0.39 is 0 Å². The zero-order chi connectivity index (χ0) is 16.6. The largest absolute Gasteiger partial charge is 0.271 e. The number of hydrogen-bond donors (Lipinski definition) is 1. The number of amidine groups is 1. The van der Waals surface area contributed by atoms with Gasteiger partial charge in [-0.2, -0.15) is 5.10 Å². The fraction of sp³-hybridized carbons (Fsp3) is 0. The van der Waals surface area contributed by atoms with Crippen LogP contribution in [0.25, 0.3) is 0 Å². The van der Waals surface area contributed by atoms with E-state index in [1.807, 2.05) is 66.0 Å². The first-order valence-corrected chi connectivity index (χ1v) is 8.27. The first-order valence-electron chi connectivity index (χ1n) is 7.39. The lowest BCUT2D eigenvalue weighted by molar-refractivity contribution is 0.0955. The molecule has 0 unspecified atom stereocenters. The van der Waals surface area contributed by atoms with Crippen molar-refractivity contribution in [1.82, 2.24) is 5.43 Å². The van der Waals surface area contributed by atoms with Crippen LogP contribution < -0.4 is 5.43 Å². The van der Waals surface area contributed by atoms with Crippen LogP contribution in [0.15, 0.2) is 88.3 Å². The van der Waals surface area contributed by atoms with E-state index in [9.17, 15) is 4.79 Å². The maximum absolute atomic E-state index is 12.1. The number of hydrazone groups is 1. The van der Waals surface area contributed by atoms with Crippen molar-refractivity contribution in [3.8, 4) is 0 Å². The quantitative estimate of drug-likeness (QED) is 0.438. The summed E-state index contributed by atoms with van der Waals surface area (Å²) in [5.41, 5.74) is 3.95. The number of nitrogens with one attached hydrogen (secondary N) is 1. The fourth-order valence-corrected chi connectivity index (χ4v) is 2.59. The molecule has 0 spiro atoms. The number of benzene rings is 2. The minimum absolute atomic E-state index is 0.268. The van der Waals surface area contributed by atoms with Crippen molar-refractivity contribution in [3.63, 3.8) is 0 Å². The lowest BCUT2D eigenvalue weighted by Gasteiger charge is -2.03. The van der Waals surface area contributed by atoms with Gasteiger partial charge in [0.2, 0.25) is 0 Å². The highest BCUT2D eigenvalue weighted by molar-refractivity contribution is 7.11. The van der Waals surface area contributed by atoms with E-state index in [4.69, 9.17) is 0 Å². The topological polar surface area (TPSA) is 53.8 Å². The second-order valence-corrected chi connectivity index (χ2v) is 5.86. The van der Waals surface area contributed by atoms with Gasteiger partial charge < -0.3 is 0 Å². The third-order valence-electron chi connectivity index (χ3n) is 3.19. The van der Waals surface area contributed by atoms with E-state index in [1.54, 1.807) is 29.7 Å².